The second-order valence-electron chi connectivity index (χ2n) is 11.3. The second-order valence-corrected chi connectivity index (χ2v) is 11.3. The summed E-state index contributed by atoms with van der Waals surface area (Å²) in [6.07, 6.45) is 1.59. The van der Waals surface area contributed by atoms with E-state index in [1.165, 1.54) is 11.8 Å². The van der Waals surface area contributed by atoms with Crippen molar-refractivity contribution in [1.29, 1.82) is 0 Å². The van der Waals surface area contributed by atoms with Gasteiger partial charge < -0.3 is 25.4 Å². The Morgan fingerprint density at radius 1 is 1.08 bits per heavy atom. The Kier molecular flexibility index (Phi) is 10.7. The molecule has 202 valence electrons. The number of carbonyl (C=O) groups excluding carboxylic acids is 2. The van der Waals surface area contributed by atoms with Crippen LogP contribution in [0.25, 0.3) is 0 Å². The van der Waals surface area contributed by atoms with Gasteiger partial charge in [0.25, 0.3) is 0 Å². The Morgan fingerprint density at radius 2 is 1.67 bits per heavy atom. The lowest BCUT2D eigenvalue weighted by molar-refractivity contribution is -0.141. The number of carboxylic acids is 1. The molecule has 0 saturated carbocycles. The number of methoxy groups -OCH3 is 1. The molecule has 0 aromatic heterocycles. The second kappa shape index (κ2) is 12.4. The summed E-state index contributed by atoms with van der Waals surface area (Å²) >= 11 is 0. The predicted octanol–water partition coefficient (Wildman–Crippen LogP) is 3.61. The molecule has 0 heterocycles. The first-order valence-electron chi connectivity index (χ1n) is 12.3. The van der Waals surface area contributed by atoms with Crippen molar-refractivity contribution in [3.63, 3.8) is 0 Å². The van der Waals surface area contributed by atoms with Gasteiger partial charge in [-0.3, -0.25) is 9.59 Å². The van der Waals surface area contributed by atoms with Crippen LogP contribution < -0.4 is 15.4 Å². The molecule has 3 N–H and O–H groups in total. The zero-order valence-electron chi connectivity index (χ0n) is 23.7. The van der Waals surface area contributed by atoms with E-state index in [0.29, 0.717) is 5.75 Å². The first kappa shape index (κ1) is 31.2. The molecule has 0 aliphatic rings. The van der Waals surface area contributed by atoms with E-state index in [-0.39, 0.29) is 23.3 Å². The number of aliphatic carboxylic acids is 1. The van der Waals surface area contributed by atoms with Crippen LogP contribution in [0.5, 0.6) is 5.75 Å². The van der Waals surface area contributed by atoms with Gasteiger partial charge in [0.05, 0.1) is 19.2 Å². The van der Waals surface area contributed by atoms with Gasteiger partial charge >= 0.3 is 5.97 Å². The number of carboxylic acid groups (broad SMARTS) is 1. The van der Waals surface area contributed by atoms with E-state index in [4.69, 9.17) is 4.74 Å². The molecule has 1 unspecified atom stereocenters. The third-order valence-electron chi connectivity index (χ3n) is 6.72. The molecule has 36 heavy (non-hydrogen) atoms. The van der Waals surface area contributed by atoms with Crippen LogP contribution in [-0.2, 0) is 19.8 Å². The van der Waals surface area contributed by atoms with E-state index < -0.39 is 34.9 Å². The molecule has 0 radical (unpaired) electrons. The number of benzene rings is 1. The molecule has 3 atom stereocenters. The summed E-state index contributed by atoms with van der Waals surface area (Å²) in [4.78, 5) is 40.3. The van der Waals surface area contributed by atoms with Crippen LogP contribution in [0, 0.1) is 11.3 Å². The number of nitrogens with zero attached hydrogens (tertiary/aromatic N) is 1. The van der Waals surface area contributed by atoms with Crippen LogP contribution >= 0.6 is 0 Å². The summed E-state index contributed by atoms with van der Waals surface area (Å²) in [5.74, 6) is -0.937. The number of carbonyl (C=O) groups is 3. The van der Waals surface area contributed by atoms with Crippen LogP contribution in [0.15, 0.2) is 35.9 Å². The van der Waals surface area contributed by atoms with Crippen molar-refractivity contribution in [2.24, 2.45) is 11.3 Å². The Labute approximate surface area is 216 Å². The fraction of sp³-hybridized carbons (Fsp3) is 0.607. The molecule has 1 rings (SSSR count). The Hall–Kier alpha value is -2.87. The van der Waals surface area contributed by atoms with Crippen LogP contribution in [0.1, 0.15) is 61.0 Å². The highest BCUT2D eigenvalue weighted by atomic mass is 16.5. The molecule has 2 amide bonds. The number of amides is 2. The van der Waals surface area contributed by atoms with Gasteiger partial charge in [-0.05, 0) is 43.0 Å². The lowest BCUT2D eigenvalue weighted by atomic mass is 9.76. The molecule has 0 aliphatic carbocycles. The van der Waals surface area contributed by atoms with E-state index >= 15 is 0 Å². The van der Waals surface area contributed by atoms with Crippen molar-refractivity contribution in [2.75, 3.05) is 21.2 Å². The number of likely N-dealkylation sites (N-methyl/N-ethyl adjacent to an activating group) is 2. The fourth-order valence-electron chi connectivity index (χ4n) is 4.31. The van der Waals surface area contributed by atoms with Crippen LogP contribution in [0.2, 0.25) is 0 Å². The number of ether oxygens (including phenoxy) is 1. The van der Waals surface area contributed by atoms with E-state index in [1.807, 2.05) is 72.7 Å². The molecule has 0 saturated heterocycles. The Morgan fingerprint density at radius 3 is 2.11 bits per heavy atom. The van der Waals surface area contributed by atoms with Gasteiger partial charge in [0.2, 0.25) is 11.8 Å². The van der Waals surface area contributed by atoms with Gasteiger partial charge in [0.1, 0.15) is 11.8 Å². The minimum atomic E-state index is -1.03. The number of nitrogens with one attached hydrogen (secondary N) is 2. The van der Waals surface area contributed by atoms with Gasteiger partial charge in [0.15, 0.2) is 0 Å². The quantitative estimate of drug-likeness (QED) is 0.398. The maximum absolute atomic E-state index is 13.7. The smallest absolute Gasteiger partial charge is 0.331 e. The molecular weight excluding hydrogens is 458 g/mol. The van der Waals surface area contributed by atoms with Crippen LogP contribution in [-0.4, -0.2) is 67.1 Å². The highest BCUT2D eigenvalue weighted by molar-refractivity contribution is 5.91. The third-order valence-corrected chi connectivity index (χ3v) is 6.72. The van der Waals surface area contributed by atoms with Crippen molar-refractivity contribution >= 4 is 17.8 Å². The average molecular weight is 504 g/mol. The lowest BCUT2D eigenvalue weighted by Crippen LogP contribution is -2.61. The van der Waals surface area contributed by atoms with E-state index in [1.54, 1.807) is 27.3 Å². The summed E-state index contributed by atoms with van der Waals surface area (Å²) in [5.41, 5.74) is -0.125. The van der Waals surface area contributed by atoms with Crippen LogP contribution in [0.3, 0.4) is 0 Å². The van der Waals surface area contributed by atoms with Gasteiger partial charge in [0, 0.05) is 18.0 Å². The Bertz CT molecular complexity index is 962. The molecule has 1 aromatic rings. The van der Waals surface area contributed by atoms with Crippen molar-refractivity contribution < 1.29 is 24.2 Å². The largest absolute Gasteiger partial charge is 0.497 e. The van der Waals surface area contributed by atoms with Gasteiger partial charge in [-0.15, -0.1) is 0 Å². The van der Waals surface area contributed by atoms with Crippen molar-refractivity contribution in [3.05, 3.63) is 41.5 Å². The molecule has 8 heteroatoms. The summed E-state index contributed by atoms with van der Waals surface area (Å²) in [6, 6.07) is 5.68. The monoisotopic (exact) mass is 503 g/mol. The zero-order valence-corrected chi connectivity index (χ0v) is 23.7. The predicted molar refractivity (Wildman–Crippen MR) is 143 cm³/mol. The normalized spacial score (nSPS) is 15.2. The van der Waals surface area contributed by atoms with E-state index in [2.05, 4.69) is 10.6 Å². The SMILES string of the molecule is CNC(C(=O)N[C@H](C(=O)N(C)[C@H](C=C(C)C(=O)O)C(C)C)C(C)(C)C)C(C)(C)c1cccc(OC)c1. The topological polar surface area (TPSA) is 108 Å². The maximum Gasteiger partial charge on any atom is 0.331 e. The van der Waals surface area contributed by atoms with Gasteiger partial charge in [-0.1, -0.05) is 66.7 Å². The Balaban J connectivity index is 3.33. The summed E-state index contributed by atoms with van der Waals surface area (Å²) in [7, 11) is 4.97. The third kappa shape index (κ3) is 7.56. The highest BCUT2D eigenvalue weighted by Crippen LogP contribution is 2.31. The zero-order chi connectivity index (χ0) is 28.0. The standard InChI is InChI=1S/C28H45N3O5/c1-17(2)21(15-18(3)26(34)35)31(10)25(33)23(27(4,5)6)30-24(32)22(29-9)28(7,8)19-13-12-14-20(16-19)36-11/h12-17,21-23,29H,1-11H3,(H,30,32)(H,34,35)/t21-,22?,23-/m1/s1. The highest BCUT2D eigenvalue weighted by Gasteiger charge is 2.41. The van der Waals surface area contributed by atoms with E-state index in [0.717, 1.165) is 5.56 Å². The minimum Gasteiger partial charge on any atom is -0.497 e. The summed E-state index contributed by atoms with van der Waals surface area (Å²) in [6.45, 7) is 15.0. The number of hydrogen-bond donors (Lipinski definition) is 3. The van der Waals surface area contributed by atoms with Gasteiger partial charge in [-0.25, -0.2) is 4.79 Å². The van der Waals surface area contributed by atoms with Crippen LogP contribution in [0.4, 0.5) is 0 Å². The number of rotatable bonds is 11. The maximum atomic E-state index is 13.7. The van der Waals surface area contributed by atoms with Crippen molar-refractivity contribution in [2.45, 2.75) is 78.9 Å². The van der Waals surface area contributed by atoms with Crippen molar-refractivity contribution in [3.8, 4) is 5.75 Å². The van der Waals surface area contributed by atoms with E-state index in [9.17, 15) is 19.5 Å². The first-order chi connectivity index (χ1) is 16.5. The molecular formula is C28H45N3O5. The summed E-state index contributed by atoms with van der Waals surface area (Å²) < 4.78 is 5.36. The lowest BCUT2D eigenvalue weighted by Gasteiger charge is -2.40. The molecule has 1 aromatic carbocycles. The first-order valence-corrected chi connectivity index (χ1v) is 12.3. The van der Waals surface area contributed by atoms with Crippen molar-refractivity contribution in [1.82, 2.24) is 15.5 Å². The molecule has 0 spiro atoms. The fourth-order valence-corrected chi connectivity index (χ4v) is 4.31. The molecule has 0 aliphatic heterocycles. The average Bonchev–Trinajstić information content (AvgIpc) is 2.79. The molecule has 8 nitrogen and oxygen atoms in total. The minimum absolute atomic E-state index is 0.0263. The number of hydrogen-bond acceptors (Lipinski definition) is 5. The summed E-state index contributed by atoms with van der Waals surface area (Å²) in [5, 5.41) is 15.5. The molecule has 0 bridgehead atoms. The van der Waals surface area contributed by atoms with Gasteiger partial charge in [-0.2, -0.15) is 0 Å². The molecule has 0 fully saturated rings.